The molecule has 3 aromatic carbocycles. The number of nitrogens with one attached hydrogen (secondary N) is 1. The SMILES string of the molecule is Cc1ccc(-n2c(SCC(=O)Nc3ccc(Cl)c(C)c3)nnc2-c2cc(Br)ccc2O)c(C)c1. The number of benzene rings is 3. The fraction of sp³-hybridized carbons (Fsp3) is 0.160. The molecule has 0 aliphatic heterocycles. The number of aromatic nitrogens is 3. The molecule has 0 fully saturated rings. The topological polar surface area (TPSA) is 80.0 Å². The molecule has 0 unspecified atom stereocenters. The van der Waals surface area contributed by atoms with Gasteiger partial charge in [-0.2, -0.15) is 0 Å². The van der Waals surface area contributed by atoms with Crippen molar-refractivity contribution >= 4 is 50.9 Å². The molecule has 1 heterocycles. The Kier molecular flexibility index (Phi) is 7.30. The molecule has 4 aromatic rings. The van der Waals surface area contributed by atoms with Crippen LogP contribution >= 0.6 is 39.3 Å². The van der Waals surface area contributed by atoms with Crippen molar-refractivity contribution in [3.63, 3.8) is 0 Å². The highest BCUT2D eigenvalue weighted by Crippen LogP contribution is 2.35. The number of carbonyl (C=O) groups is 1. The van der Waals surface area contributed by atoms with Gasteiger partial charge in [-0.25, -0.2) is 0 Å². The molecular formula is C25H22BrClN4O2S. The second kappa shape index (κ2) is 10.2. The fourth-order valence-corrected chi connectivity index (χ4v) is 4.77. The molecule has 9 heteroatoms. The van der Waals surface area contributed by atoms with Crippen LogP contribution in [-0.4, -0.2) is 31.5 Å². The first-order valence-electron chi connectivity index (χ1n) is 10.4. The number of phenolic OH excluding ortho intramolecular Hbond substituents is 1. The van der Waals surface area contributed by atoms with Crippen LogP contribution in [0.25, 0.3) is 17.1 Å². The maximum absolute atomic E-state index is 12.6. The van der Waals surface area contributed by atoms with Crippen LogP contribution in [0.4, 0.5) is 5.69 Å². The number of amides is 1. The van der Waals surface area contributed by atoms with Gasteiger partial charge in [-0.05, 0) is 74.4 Å². The van der Waals surface area contributed by atoms with Crippen LogP contribution in [0.2, 0.25) is 5.02 Å². The van der Waals surface area contributed by atoms with Gasteiger partial charge in [0.25, 0.3) is 0 Å². The van der Waals surface area contributed by atoms with Crippen LogP contribution in [0.1, 0.15) is 16.7 Å². The van der Waals surface area contributed by atoms with E-state index in [1.165, 1.54) is 11.8 Å². The molecule has 0 aliphatic rings. The van der Waals surface area contributed by atoms with Crippen molar-refractivity contribution in [1.82, 2.24) is 14.8 Å². The van der Waals surface area contributed by atoms with Crippen molar-refractivity contribution < 1.29 is 9.90 Å². The number of hydrogen-bond acceptors (Lipinski definition) is 5. The minimum atomic E-state index is -0.172. The Morgan fingerprint density at radius 3 is 2.59 bits per heavy atom. The van der Waals surface area contributed by atoms with Crippen molar-refractivity contribution in [3.8, 4) is 22.8 Å². The third-order valence-corrected chi connectivity index (χ3v) is 7.05. The molecule has 0 atom stereocenters. The number of hydrogen-bond donors (Lipinski definition) is 2. The predicted octanol–water partition coefficient (Wildman–Crippen LogP) is 6.71. The normalized spacial score (nSPS) is 11.0. The average Bonchev–Trinajstić information content (AvgIpc) is 3.20. The average molecular weight is 558 g/mol. The zero-order chi connectivity index (χ0) is 24.4. The summed E-state index contributed by atoms with van der Waals surface area (Å²) >= 11 is 10.8. The van der Waals surface area contributed by atoms with Gasteiger partial charge in [0.1, 0.15) is 5.75 Å². The highest BCUT2D eigenvalue weighted by Gasteiger charge is 2.21. The molecule has 0 saturated heterocycles. The second-order valence-electron chi connectivity index (χ2n) is 7.89. The Morgan fingerprint density at radius 1 is 1.06 bits per heavy atom. The van der Waals surface area contributed by atoms with Gasteiger partial charge in [0.05, 0.1) is 17.0 Å². The molecule has 1 amide bonds. The summed E-state index contributed by atoms with van der Waals surface area (Å²) in [7, 11) is 0. The van der Waals surface area contributed by atoms with Gasteiger partial charge in [0, 0.05) is 15.2 Å². The van der Waals surface area contributed by atoms with E-state index in [1.807, 2.05) is 43.5 Å². The molecule has 4 rings (SSSR count). The number of carbonyl (C=O) groups excluding carboxylic acids is 1. The Balaban J connectivity index is 1.67. The molecule has 2 N–H and O–H groups in total. The van der Waals surface area contributed by atoms with Crippen LogP contribution in [0, 0.1) is 20.8 Å². The van der Waals surface area contributed by atoms with E-state index >= 15 is 0 Å². The zero-order valence-corrected chi connectivity index (χ0v) is 21.9. The number of anilines is 1. The molecule has 0 bridgehead atoms. The Morgan fingerprint density at radius 2 is 1.85 bits per heavy atom. The molecule has 6 nitrogen and oxygen atoms in total. The van der Waals surface area contributed by atoms with Gasteiger partial charge < -0.3 is 10.4 Å². The van der Waals surface area contributed by atoms with Crippen LogP contribution in [0.5, 0.6) is 5.75 Å². The van der Waals surface area contributed by atoms with Gasteiger partial charge in [-0.1, -0.05) is 57.0 Å². The summed E-state index contributed by atoms with van der Waals surface area (Å²) in [6.07, 6.45) is 0. The lowest BCUT2D eigenvalue weighted by Crippen LogP contribution is -2.14. The quantitative estimate of drug-likeness (QED) is 0.258. The molecule has 0 saturated carbocycles. The van der Waals surface area contributed by atoms with Gasteiger partial charge in [-0.3, -0.25) is 9.36 Å². The predicted molar refractivity (Wildman–Crippen MR) is 141 cm³/mol. The number of aryl methyl sites for hydroxylation is 3. The number of aromatic hydroxyl groups is 1. The first-order chi connectivity index (χ1) is 16.2. The van der Waals surface area contributed by atoms with Gasteiger partial charge in [-0.15, -0.1) is 10.2 Å². The summed E-state index contributed by atoms with van der Waals surface area (Å²) in [5, 5.41) is 23.3. The number of phenols is 1. The van der Waals surface area contributed by atoms with E-state index in [0.29, 0.717) is 27.3 Å². The molecule has 0 aliphatic carbocycles. The fourth-order valence-electron chi connectivity index (χ4n) is 3.55. The molecular weight excluding hydrogens is 536 g/mol. The summed E-state index contributed by atoms with van der Waals surface area (Å²) in [6.45, 7) is 5.93. The second-order valence-corrected chi connectivity index (χ2v) is 10.2. The number of thioether (sulfide) groups is 1. The maximum Gasteiger partial charge on any atom is 0.234 e. The van der Waals surface area contributed by atoms with E-state index in [0.717, 1.165) is 26.9 Å². The van der Waals surface area contributed by atoms with Gasteiger partial charge >= 0.3 is 0 Å². The largest absolute Gasteiger partial charge is 0.507 e. The van der Waals surface area contributed by atoms with Gasteiger partial charge in [0.2, 0.25) is 5.91 Å². The Bertz CT molecular complexity index is 1390. The smallest absolute Gasteiger partial charge is 0.234 e. The number of nitrogens with zero attached hydrogens (tertiary/aromatic N) is 3. The summed E-state index contributed by atoms with van der Waals surface area (Å²) in [5.74, 6) is 0.541. The highest BCUT2D eigenvalue weighted by atomic mass is 79.9. The molecule has 1 aromatic heterocycles. The summed E-state index contributed by atoms with van der Waals surface area (Å²) in [4.78, 5) is 12.6. The summed E-state index contributed by atoms with van der Waals surface area (Å²) in [5.41, 5.74) is 5.14. The van der Waals surface area contributed by atoms with E-state index in [2.05, 4.69) is 37.5 Å². The lowest BCUT2D eigenvalue weighted by Gasteiger charge is -2.14. The monoisotopic (exact) mass is 556 g/mol. The standard InChI is InChI=1S/C25H22BrClN4O2S/c1-14-4-8-21(16(3)10-14)31-24(19-12-17(26)5-9-22(19)32)29-30-25(31)34-13-23(33)28-18-6-7-20(27)15(2)11-18/h4-12,32H,13H2,1-3H3,(H,28,33). The van der Waals surface area contributed by atoms with Crippen molar-refractivity contribution in [2.45, 2.75) is 25.9 Å². The summed E-state index contributed by atoms with van der Waals surface area (Å²) in [6, 6.07) is 16.6. The first-order valence-corrected chi connectivity index (χ1v) is 12.6. The Labute approximate surface area is 215 Å². The number of halogens is 2. The van der Waals surface area contributed by atoms with E-state index < -0.39 is 0 Å². The zero-order valence-electron chi connectivity index (χ0n) is 18.8. The minimum absolute atomic E-state index is 0.0917. The lowest BCUT2D eigenvalue weighted by molar-refractivity contribution is -0.113. The lowest BCUT2D eigenvalue weighted by atomic mass is 10.1. The minimum Gasteiger partial charge on any atom is -0.507 e. The van der Waals surface area contributed by atoms with Crippen molar-refractivity contribution in [2.24, 2.45) is 0 Å². The molecule has 0 spiro atoms. The van der Waals surface area contributed by atoms with Crippen molar-refractivity contribution in [1.29, 1.82) is 0 Å². The molecule has 34 heavy (non-hydrogen) atoms. The van der Waals surface area contributed by atoms with E-state index in [-0.39, 0.29) is 17.4 Å². The maximum atomic E-state index is 12.6. The third kappa shape index (κ3) is 5.29. The van der Waals surface area contributed by atoms with Gasteiger partial charge in [0.15, 0.2) is 11.0 Å². The van der Waals surface area contributed by atoms with Crippen molar-refractivity contribution in [2.75, 3.05) is 11.1 Å². The van der Waals surface area contributed by atoms with Crippen LogP contribution in [0.3, 0.4) is 0 Å². The van der Waals surface area contributed by atoms with E-state index in [1.54, 1.807) is 30.3 Å². The highest BCUT2D eigenvalue weighted by molar-refractivity contribution is 9.10. The van der Waals surface area contributed by atoms with E-state index in [4.69, 9.17) is 11.6 Å². The molecule has 174 valence electrons. The number of rotatable bonds is 6. The van der Waals surface area contributed by atoms with Crippen LogP contribution < -0.4 is 5.32 Å². The first kappa shape index (κ1) is 24.3. The van der Waals surface area contributed by atoms with Crippen LogP contribution in [0.15, 0.2) is 64.2 Å². The van der Waals surface area contributed by atoms with E-state index in [9.17, 15) is 9.90 Å². The molecule has 0 radical (unpaired) electrons. The Hall–Kier alpha value is -2.81. The van der Waals surface area contributed by atoms with Crippen LogP contribution in [-0.2, 0) is 4.79 Å². The third-order valence-electron chi connectivity index (χ3n) is 5.20. The van der Waals surface area contributed by atoms with Crippen molar-refractivity contribution in [3.05, 3.63) is 80.8 Å². The summed E-state index contributed by atoms with van der Waals surface area (Å²) < 4.78 is 2.68.